The summed E-state index contributed by atoms with van der Waals surface area (Å²) < 4.78 is 30.5. The van der Waals surface area contributed by atoms with E-state index in [0.29, 0.717) is 12.4 Å². The van der Waals surface area contributed by atoms with E-state index in [0.717, 1.165) is 44.1 Å². The first-order valence-electron chi connectivity index (χ1n) is 9.63. The van der Waals surface area contributed by atoms with Crippen LogP contribution in [0, 0.1) is 0 Å². The molecule has 1 aromatic heterocycles. The van der Waals surface area contributed by atoms with Gasteiger partial charge < -0.3 is 10.1 Å². The van der Waals surface area contributed by atoms with Crippen molar-refractivity contribution < 1.29 is 17.9 Å². The SMILES string of the molecule is O=C(CCS(=O)(=O)C1CCCC1)NCc1cccnc1OC1CCCC1. The third kappa shape index (κ3) is 5.19. The lowest BCUT2D eigenvalue weighted by Crippen LogP contribution is -2.28. The van der Waals surface area contributed by atoms with Gasteiger partial charge in [-0.05, 0) is 44.6 Å². The number of nitrogens with one attached hydrogen (secondary N) is 1. The van der Waals surface area contributed by atoms with Gasteiger partial charge in [0.2, 0.25) is 11.8 Å². The van der Waals surface area contributed by atoms with Crippen molar-refractivity contribution in [2.45, 2.75) is 75.7 Å². The van der Waals surface area contributed by atoms with Crippen LogP contribution in [0.3, 0.4) is 0 Å². The fourth-order valence-electron chi connectivity index (χ4n) is 3.76. The molecule has 0 spiro atoms. The predicted molar refractivity (Wildman–Crippen MR) is 99.6 cm³/mol. The van der Waals surface area contributed by atoms with E-state index in [1.54, 1.807) is 6.20 Å². The molecular weight excluding hydrogens is 352 g/mol. The van der Waals surface area contributed by atoms with Gasteiger partial charge in [0, 0.05) is 24.7 Å². The smallest absolute Gasteiger partial charge is 0.221 e. The quantitative estimate of drug-likeness (QED) is 0.749. The molecule has 3 rings (SSSR count). The van der Waals surface area contributed by atoms with E-state index >= 15 is 0 Å². The van der Waals surface area contributed by atoms with Crippen molar-refractivity contribution in [3.05, 3.63) is 23.9 Å². The first kappa shape index (κ1) is 19.1. The molecule has 0 unspecified atom stereocenters. The Balaban J connectivity index is 1.48. The lowest BCUT2D eigenvalue weighted by molar-refractivity contribution is -0.120. The van der Waals surface area contributed by atoms with Crippen LogP contribution in [-0.2, 0) is 21.2 Å². The number of ether oxygens (including phenoxy) is 1. The number of aromatic nitrogens is 1. The van der Waals surface area contributed by atoms with E-state index in [1.807, 2.05) is 12.1 Å². The Hall–Kier alpha value is -1.63. The summed E-state index contributed by atoms with van der Waals surface area (Å²) in [5, 5.41) is 2.55. The van der Waals surface area contributed by atoms with Crippen molar-refractivity contribution in [2.24, 2.45) is 0 Å². The normalized spacial score (nSPS) is 18.9. The third-order valence-electron chi connectivity index (χ3n) is 5.33. The number of hydrogen-bond acceptors (Lipinski definition) is 5. The summed E-state index contributed by atoms with van der Waals surface area (Å²) in [7, 11) is -3.16. The summed E-state index contributed by atoms with van der Waals surface area (Å²) in [5.74, 6) is 0.252. The van der Waals surface area contributed by atoms with Gasteiger partial charge in [-0.1, -0.05) is 18.9 Å². The zero-order chi connectivity index (χ0) is 18.4. The van der Waals surface area contributed by atoms with E-state index in [-0.39, 0.29) is 29.4 Å². The molecule has 0 radical (unpaired) electrons. The van der Waals surface area contributed by atoms with Crippen LogP contribution in [0.15, 0.2) is 18.3 Å². The third-order valence-corrected chi connectivity index (χ3v) is 7.59. The van der Waals surface area contributed by atoms with Crippen LogP contribution in [0.5, 0.6) is 5.88 Å². The van der Waals surface area contributed by atoms with Crippen molar-refractivity contribution in [1.82, 2.24) is 10.3 Å². The van der Waals surface area contributed by atoms with Crippen LogP contribution in [0.25, 0.3) is 0 Å². The van der Waals surface area contributed by atoms with Crippen LogP contribution < -0.4 is 10.1 Å². The molecule has 0 aromatic carbocycles. The molecule has 2 fully saturated rings. The minimum absolute atomic E-state index is 0.0118. The standard InChI is InChI=1S/C19H28N2O4S/c22-18(11-13-26(23,24)17-9-3-4-10-17)21-14-15-6-5-12-20-19(15)25-16-7-1-2-8-16/h5-6,12,16-17H,1-4,7-11,13-14H2,(H,21,22). The Labute approximate surface area is 155 Å². The maximum Gasteiger partial charge on any atom is 0.221 e. The van der Waals surface area contributed by atoms with Gasteiger partial charge in [0.15, 0.2) is 9.84 Å². The van der Waals surface area contributed by atoms with E-state index in [1.165, 1.54) is 12.8 Å². The Kier molecular flexibility index (Phi) is 6.51. The van der Waals surface area contributed by atoms with Gasteiger partial charge in [0.25, 0.3) is 0 Å². The molecule has 1 aromatic rings. The summed E-state index contributed by atoms with van der Waals surface area (Å²) in [4.78, 5) is 16.4. The van der Waals surface area contributed by atoms with Crippen molar-refractivity contribution in [1.29, 1.82) is 0 Å². The summed E-state index contributed by atoms with van der Waals surface area (Å²) in [6, 6.07) is 3.69. The second-order valence-corrected chi connectivity index (χ2v) is 9.69. The number of hydrogen-bond donors (Lipinski definition) is 1. The molecule has 1 amide bonds. The molecule has 6 nitrogen and oxygen atoms in total. The number of pyridine rings is 1. The molecule has 2 aliphatic carbocycles. The molecule has 1 heterocycles. The number of amides is 1. The Morgan fingerprint density at radius 1 is 1.15 bits per heavy atom. The molecule has 0 bridgehead atoms. The number of carbonyl (C=O) groups is 1. The second-order valence-electron chi connectivity index (χ2n) is 7.29. The summed E-state index contributed by atoms with van der Waals surface area (Å²) in [6.07, 6.45) is 9.77. The highest BCUT2D eigenvalue weighted by atomic mass is 32.2. The van der Waals surface area contributed by atoms with Gasteiger partial charge >= 0.3 is 0 Å². The first-order valence-corrected chi connectivity index (χ1v) is 11.3. The minimum Gasteiger partial charge on any atom is -0.474 e. The fraction of sp³-hybridized carbons (Fsp3) is 0.684. The molecule has 0 atom stereocenters. The maximum atomic E-state index is 12.2. The summed E-state index contributed by atoms with van der Waals surface area (Å²) >= 11 is 0. The predicted octanol–water partition coefficient (Wildman–Crippen LogP) is 2.77. The van der Waals surface area contributed by atoms with E-state index in [9.17, 15) is 13.2 Å². The Morgan fingerprint density at radius 2 is 1.85 bits per heavy atom. The molecule has 0 saturated heterocycles. The molecule has 0 aliphatic heterocycles. The highest BCUT2D eigenvalue weighted by Gasteiger charge is 2.28. The average molecular weight is 381 g/mol. The zero-order valence-corrected chi connectivity index (χ0v) is 16.0. The highest BCUT2D eigenvalue weighted by Crippen LogP contribution is 2.26. The molecule has 2 saturated carbocycles. The largest absolute Gasteiger partial charge is 0.474 e. The van der Waals surface area contributed by atoms with Crippen molar-refractivity contribution in [3.63, 3.8) is 0 Å². The minimum atomic E-state index is -3.16. The van der Waals surface area contributed by atoms with E-state index in [2.05, 4.69) is 10.3 Å². The van der Waals surface area contributed by atoms with Crippen LogP contribution in [0.2, 0.25) is 0 Å². The van der Waals surface area contributed by atoms with Crippen molar-refractivity contribution in [3.8, 4) is 5.88 Å². The molecule has 26 heavy (non-hydrogen) atoms. The number of rotatable bonds is 8. The lowest BCUT2D eigenvalue weighted by Gasteiger charge is -2.15. The van der Waals surface area contributed by atoms with Crippen LogP contribution in [0.1, 0.15) is 63.4 Å². The Bertz CT molecular complexity index is 708. The van der Waals surface area contributed by atoms with E-state index in [4.69, 9.17) is 4.74 Å². The summed E-state index contributed by atoms with van der Waals surface area (Å²) in [6.45, 7) is 0.304. The molecular formula is C19H28N2O4S. The monoisotopic (exact) mass is 380 g/mol. The Morgan fingerprint density at radius 3 is 2.58 bits per heavy atom. The average Bonchev–Trinajstić information content (AvgIpc) is 3.33. The van der Waals surface area contributed by atoms with Crippen molar-refractivity contribution in [2.75, 3.05) is 5.75 Å². The van der Waals surface area contributed by atoms with Crippen LogP contribution in [0.4, 0.5) is 0 Å². The number of nitrogens with zero attached hydrogens (tertiary/aromatic N) is 1. The van der Waals surface area contributed by atoms with Gasteiger partial charge in [0.1, 0.15) is 6.10 Å². The second kappa shape index (κ2) is 8.84. The van der Waals surface area contributed by atoms with Gasteiger partial charge in [-0.15, -0.1) is 0 Å². The molecule has 144 valence electrons. The molecule has 2 aliphatic rings. The van der Waals surface area contributed by atoms with E-state index < -0.39 is 9.84 Å². The van der Waals surface area contributed by atoms with Gasteiger partial charge in [-0.3, -0.25) is 4.79 Å². The van der Waals surface area contributed by atoms with Gasteiger partial charge in [-0.2, -0.15) is 0 Å². The molecule has 1 N–H and O–H groups in total. The van der Waals surface area contributed by atoms with Gasteiger partial charge in [-0.25, -0.2) is 13.4 Å². The molecule has 7 heteroatoms. The highest BCUT2D eigenvalue weighted by molar-refractivity contribution is 7.92. The fourth-order valence-corrected chi connectivity index (χ4v) is 5.61. The number of carbonyl (C=O) groups excluding carboxylic acids is 1. The van der Waals surface area contributed by atoms with Crippen molar-refractivity contribution >= 4 is 15.7 Å². The number of sulfone groups is 1. The van der Waals surface area contributed by atoms with Gasteiger partial charge in [0.05, 0.1) is 11.0 Å². The van der Waals surface area contributed by atoms with Crippen LogP contribution in [-0.4, -0.2) is 36.4 Å². The maximum absolute atomic E-state index is 12.2. The first-order chi connectivity index (χ1) is 12.5. The topological polar surface area (TPSA) is 85.4 Å². The zero-order valence-electron chi connectivity index (χ0n) is 15.2. The van der Waals surface area contributed by atoms with Crippen LogP contribution >= 0.6 is 0 Å². The lowest BCUT2D eigenvalue weighted by atomic mass is 10.2. The summed E-state index contributed by atoms with van der Waals surface area (Å²) in [5.41, 5.74) is 0.825.